The summed E-state index contributed by atoms with van der Waals surface area (Å²) in [5, 5.41) is 19.7. The number of thiophene rings is 1. The third-order valence-electron chi connectivity index (χ3n) is 6.65. The van der Waals surface area contributed by atoms with Gasteiger partial charge in [0.25, 0.3) is 0 Å². The number of unbranched alkanes of at least 4 members (excludes halogenated alkanes) is 2. The van der Waals surface area contributed by atoms with Crippen LogP contribution in [-0.4, -0.2) is 45.7 Å². The van der Waals surface area contributed by atoms with Gasteiger partial charge in [0.1, 0.15) is 4.88 Å². The Morgan fingerprint density at radius 2 is 1.91 bits per heavy atom. The number of carboxylic acids is 1. The number of nitrogens with zero attached hydrogens (tertiary/aromatic N) is 1. The fourth-order valence-electron chi connectivity index (χ4n) is 4.52. The van der Waals surface area contributed by atoms with Gasteiger partial charge in [0.05, 0.1) is 12.1 Å². The summed E-state index contributed by atoms with van der Waals surface area (Å²) in [6.45, 7) is 2.75. The van der Waals surface area contributed by atoms with Gasteiger partial charge in [-0.1, -0.05) is 62.2 Å². The van der Waals surface area contributed by atoms with Crippen molar-refractivity contribution in [3.8, 4) is 0 Å². The molecule has 5 nitrogen and oxygen atoms in total. The van der Waals surface area contributed by atoms with Crippen molar-refractivity contribution in [1.29, 1.82) is 0 Å². The van der Waals surface area contributed by atoms with Crippen molar-refractivity contribution < 1.29 is 19.8 Å². The lowest BCUT2D eigenvalue weighted by Crippen LogP contribution is -2.33. The van der Waals surface area contributed by atoms with Crippen molar-refractivity contribution >= 4 is 23.2 Å². The van der Waals surface area contributed by atoms with E-state index in [1.165, 1.54) is 29.7 Å². The van der Waals surface area contributed by atoms with E-state index in [0.29, 0.717) is 17.8 Å². The molecule has 2 heterocycles. The Kier molecular flexibility index (Phi) is 10.4. The second kappa shape index (κ2) is 13.4. The van der Waals surface area contributed by atoms with Crippen LogP contribution >= 0.6 is 11.3 Å². The minimum absolute atomic E-state index is 0.0399. The lowest BCUT2D eigenvalue weighted by molar-refractivity contribution is -0.128. The summed E-state index contributed by atoms with van der Waals surface area (Å²) in [6, 6.07) is 14.1. The number of aromatic carboxylic acids is 1. The van der Waals surface area contributed by atoms with Gasteiger partial charge in [0.15, 0.2) is 0 Å². The minimum Gasteiger partial charge on any atom is -0.477 e. The van der Waals surface area contributed by atoms with Crippen molar-refractivity contribution in [1.82, 2.24) is 4.90 Å². The molecule has 6 heteroatoms. The van der Waals surface area contributed by atoms with Crippen LogP contribution in [0.3, 0.4) is 0 Å². The first-order valence-electron chi connectivity index (χ1n) is 12.5. The first kappa shape index (κ1) is 26.2. The minimum atomic E-state index is -0.892. The summed E-state index contributed by atoms with van der Waals surface area (Å²) in [5.41, 5.74) is 1.38. The SMILES string of the molecule is C[C@H](CCCCCc1ccccc1)[C@H](O)/C=C/[C@H]1CCC(=O)N1CCCc1ccc(C(=O)O)s1. The molecule has 1 aromatic carbocycles. The maximum absolute atomic E-state index is 12.4. The second-order valence-corrected chi connectivity index (χ2v) is 10.5. The number of aryl methyl sites for hydroxylation is 2. The Bertz CT molecular complexity index is 939. The first-order chi connectivity index (χ1) is 16.4. The molecular weight excluding hydrogens is 446 g/mol. The molecule has 1 aliphatic heterocycles. The Labute approximate surface area is 207 Å². The highest BCUT2D eigenvalue weighted by Gasteiger charge is 2.28. The molecule has 0 saturated carbocycles. The molecule has 1 amide bonds. The van der Waals surface area contributed by atoms with E-state index in [2.05, 4.69) is 31.2 Å². The zero-order valence-electron chi connectivity index (χ0n) is 20.1. The van der Waals surface area contributed by atoms with Crippen molar-refractivity contribution in [2.24, 2.45) is 5.92 Å². The maximum atomic E-state index is 12.4. The van der Waals surface area contributed by atoms with Crippen molar-refractivity contribution in [2.75, 3.05) is 6.54 Å². The number of hydrogen-bond donors (Lipinski definition) is 2. The van der Waals surface area contributed by atoms with Gasteiger partial charge in [0, 0.05) is 17.8 Å². The van der Waals surface area contributed by atoms with Crippen LogP contribution in [0.1, 0.15) is 72.0 Å². The lowest BCUT2D eigenvalue weighted by atomic mass is 9.95. The Hall–Kier alpha value is -2.44. The predicted octanol–water partition coefficient (Wildman–Crippen LogP) is 5.73. The van der Waals surface area contributed by atoms with E-state index in [-0.39, 0.29) is 17.9 Å². The number of likely N-dealkylation sites (tertiary alicyclic amines) is 1. The van der Waals surface area contributed by atoms with Gasteiger partial charge in [-0.2, -0.15) is 0 Å². The van der Waals surface area contributed by atoms with Crippen LogP contribution in [0.4, 0.5) is 0 Å². The van der Waals surface area contributed by atoms with Crippen molar-refractivity contribution in [3.63, 3.8) is 0 Å². The summed E-state index contributed by atoms with van der Waals surface area (Å²) in [6.07, 6.45) is 11.8. The van der Waals surface area contributed by atoms with E-state index < -0.39 is 12.1 Å². The van der Waals surface area contributed by atoms with Crippen LogP contribution in [0, 0.1) is 5.92 Å². The van der Waals surface area contributed by atoms with E-state index in [1.54, 1.807) is 6.07 Å². The molecule has 0 bridgehead atoms. The fraction of sp³-hybridized carbons (Fsp3) is 0.500. The highest BCUT2D eigenvalue weighted by atomic mass is 32.1. The summed E-state index contributed by atoms with van der Waals surface area (Å²) in [7, 11) is 0. The first-order valence-corrected chi connectivity index (χ1v) is 13.3. The quantitative estimate of drug-likeness (QED) is 0.266. The Morgan fingerprint density at radius 1 is 1.12 bits per heavy atom. The van der Waals surface area contributed by atoms with Crippen LogP contribution in [0.15, 0.2) is 54.6 Å². The number of carbonyl (C=O) groups excluding carboxylic acids is 1. The molecule has 0 unspecified atom stereocenters. The van der Waals surface area contributed by atoms with Gasteiger partial charge in [-0.25, -0.2) is 4.79 Å². The lowest BCUT2D eigenvalue weighted by Gasteiger charge is -2.23. The summed E-state index contributed by atoms with van der Waals surface area (Å²) in [4.78, 5) is 26.7. The summed E-state index contributed by atoms with van der Waals surface area (Å²) < 4.78 is 0. The highest BCUT2D eigenvalue weighted by molar-refractivity contribution is 7.13. The average molecular weight is 484 g/mol. The molecule has 2 N–H and O–H groups in total. The van der Waals surface area contributed by atoms with Gasteiger partial charge in [0.2, 0.25) is 5.91 Å². The molecule has 1 fully saturated rings. The Balaban J connectivity index is 1.37. The molecule has 0 aliphatic carbocycles. The van der Waals surface area contributed by atoms with E-state index in [9.17, 15) is 14.7 Å². The number of carboxylic acid groups (broad SMARTS) is 1. The van der Waals surface area contributed by atoms with Gasteiger partial charge in [-0.3, -0.25) is 4.79 Å². The number of rotatable bonds is 14. The van der Waals surface area contributed by atoms with Gasteiger partial charge >= 0.3 is 5.97 Å². The third-order valence-corrected chi connectivity index (χ3v) is 7.78. The molecule has 0 radical (unpaired) electrons. The molecule has 184 valence electrons. The number of amides is 1. The van der Waals surface area contributed by atoms with Crippen molar-refractivity contribution in [3.05, 3.63) is 69.9 Å². The van der Waals surface area contributed by atoms with Crippen LogP contribution < -0.4 is 0 Å². The molecule has 3 rings (SSSR count). The molecule has 1 aliphatic rings. The number of aliphatic hydroxyl groups is 1. The number of benzene rings is 1. The second-order valence-electron chi connectivity index (χ2n) is 9.31. The zero-order chi connectivity index (χ0) is 24.3. The van der Waals surface area contributed by atoms with E-state index in [0.717, 1.165) is 43.4 Å². The van der Waals surface area contributed by atoms with Gasteiger partial charge < -0.3 is 15.1 Å². The molecule has 0 spiro atoms. The van der Waals surface area contributed by atoms with Crippen molar-refractivity contribution in [2.45, 2.75) is 76.9 Å². The fourth-order valence-corrected chi connectivity index (χ4v) is 5.41. The number of hydrogen-bond acceptors (Lipinski definition) is 4. The van der Waals surface area contributed by atoms with Gasteiger partial charge in [-0.05, 0) is 62.1 Å². The number of carbonyl (C=O) groups is 2. The van der Waals surface area contributed by atoms with Crippen LogP contribution in [0.5, 0.6) is 0 Å². The zero-order valence-corrected chi connectivity index (χ0v) is 20.9. The van der Waals surface area contributed by atoms with Crippen LogP contribution in [0.25, 0.3) is 0 Å². The molecule has 3 atom stereocenters. The van der Waals surface area contributed by atoms with E-state index >= 15 is 0 Å². The summed E-state index contributed by atoms with van der Waals surface area (Å²) in [5.74, 6) is -0.537. The number of aliphatic hydroxyl groups excluding tert-OH is 1. The smallest absolute Gasteiger partial charge is 0.345 e. The normalized spacial score (nSPS) is 18.0. The third kappa shape index (κ3) is 8.10. The van der Waals surface area contributed by atoms with E-state index in [4.69, 9.17) is 5.11 Å². The Morgan fingerprint density at radius 3 is 2.65 bits per heavy atom. The monoisotopic (exact) mass is 483 g/mol. The van der Waals surface area contributed by atoms with E-state index in [1.807, 2.05) is 29.2 Å². The topological polar surface area (TPSA) is 77.8 Å². The molecule has 1 aromatic heterocycles. The van der Waals surface area contributed by atoms with Crippen LogP contribution in [-0.2, 0) is 17.6 Å². The average Bonchev–Trinajstić information content (AvgIpc) is 3.45. The molecule has 2 aromatic rings. The molecular formula is C28H37NO4S. The predicted molar refractivity (Wildman–Crippen MR) is 137 cm³/mol. The molecule has 1 saturated heterocycles. The highest BCUT2D eigenvalue weighted by Crippen LogP contribution is 2.23. The summed E-state index contributed by atoms with van der Waals surface area (Å²) >= 11 is 1.30. The largest absolute Gasteiger partial charge is 0.477 e. The van der Waals surface area contributed by atoms with Gasteiger partial charge in [-0.15, -0.1) is 11.3 Å². The van der Waals surface area contributed by atoms with Crippen LogP contribution in [0.2, 0.25) is 0 Å². The standard InChI is InChI=1S/C28H37NO4S/c1-21(9-4-2-5-10-22-11-6-3-7-12-22)25(30)17-14-23-15-19-27(31)29(23)20-8-13-24-16-18-26(34-24)28(32)33/h3,6-7,11-12,14,16-18,21,23,25,30H,2,4-5,8-10,13,15,19-20H2,1H3,(H,32,33)/b17-14+/t21-,23+,25-/m1/s1. The maximum Gasteiger partial charge on any atom is 0.345 e. The molecule has 34 heavy (non-hydrogen) atoms.